The van der Waals surface area contributed by atoms with Crippen LogP contribution >= 0.6 is 24.8 Å². The standard InChI is InChI=1S/C13H16F3N3.2ClH/c1-9-12(6-10(7-17-9)13(14,15)16)19-5-4-18-3-2-11(19)8-18;;/h6-7,11H,2-5,8H2,1H3;2*1H. The maximum atomic E-state index is 12.8. The van der Waals surface area contributed by atoms with Crippen LogP contribution in [0.25, 0.3) is 0 Å². The van der Waals surface area contributed by atoms with Gasteiger partial charge in [0.1, 0.15) is 0 Å². The number of pyridine rings is 1. The molecule has 0 N–H and O–H groups in total. The molecule has 0 radical (unpaired) electrons. The van der Waals surface area contributed by atoms with Gasteiger partial charge in [-0.25, -0.2) is 0 Å². The molecule has 0 amide bonds. The largest absolute Gasteiger partial charge is 0.417 e. The summed E-state index contributed by atoms with van der Waals surface area (Å²) >= 11 is 0. The molecular formula is C13H18Cl2F3N3. The van der Waals surface area contributed by atoms with Crippen molar-refractivity contribution in [1.29, 1.82) is 0 Å². The number of hydrogen-bond donors (Lipinski definition) is 0. The summed E-state index contributed by atoms with van der Waals surface area (Å²) in [4.78, 5) is 8.38. The highest BCUT2D eigenvalue weighted by atomic mass is 35.5. The number of halogens is 5. The van der Waals surface area contributed by atoms with Gasteiger partial charge in [-0.1, -0.05) is 0 Å². The predicted octanol–water partition coefficient (Wildman–Crippen LogP) is 3.15. The van der Waals surface area contributed by atoms with Crippen LogP contribution in [-0.2, 0) is 6.18 Å². The second-order valence-corrected chi connectivity index (χ2v) is 5.26. The van der Waals surface area contributed by atoms with E-state index in [0.717, 1.165) is 38.8 Å². The zero-order chi connectivity index (χ0) is 13.6. The number of rotatable bonds is 1. The Labute approximate surface area is 134 Å². The van der Waals surface area contributed by atoms with Gasteiger partial charge in [-0.2, -0.15) is 13.2 Å². The summed E-state index contributed by atoms with van der Waals surface area (Å²) in [6.07, 6.45) is -2.38. The summed E-state index contributed by atoms with van der Waals surface area (Å²) in [5.41, 5.74) is 0.656. The van der Waals surface area contributed by atoms with Crippen LogP contribution < -0.4 is 4.90 Å². The molecule has 3 heterocycles. The molecule has 2 bridgehead atoms. The lowest BCUT2D eigenvalue weighted by molar-refractivity contribution is -0.137. The quantitative estimate of drug-likeness (QED) is 0.780. The highest BCUT2D eigenvalue weighted by molar-refractivity contribution is 5.85. The van der Waals surface area contributed by atoms with E-state index in [9.17, 15) is 13.2 Å². The second kappa shape index (κ2) is 6.58. The smallest absolute Gasteiger partial charge is 0.364 e. The summed E-state index contributed by atoms with van der Waals surface area (Å²) in [6, 6.07) is 1.58. The number of fused-ring (bicyclic) bond motifs is 2. The summed E-state index contributed by atoms with van der Waals surface area (Å²) in [7, 11) is 0. The molecule has 2 unspecified atom stereocenters. The maximum Gasteiger partial charge on any atom is 0.417 e. The zero-order valence-electron chi connectivity index (χ0n) is 11.6. The first-order valence-electron chi connectivity index (χ1n) is 6.48. The van der Waals surface area contributed by atoms with E-state index >= 15 is 0 Å². The van der Waals surface area contributed by atoms with Gasteiger partial charge in [-0.15, -0.1) is 24.8 Å². The first-order valence-corrected chi connectivity index (χ1v) is 6.48. The molecule has 2 saturated heterocycles. The van der Waals surface area contributed by atoms with Crippen LogP contribution in [-0.4, -0.2) is 42.1 Å². The van der Waals surface area contributed by atoms with Gasteiger partial charge in [-0.05, 0) is 19.4 Å². The molecule has 2 fully saturated rings. The van der Waals surface area contributed by atoms with Gasteiger partial charge in [0, 0.05) is 38.4 Å². The van der Waals surface area contributed by atoms with Crippen LogP contribution in [0.1, 0.15) is 17.7 Å². The normalized spacial score (nSPS) is 24.3. The number of alkyl halides is 3. The Bertz CT molecular complexity index is 496. The molecule has 3 nitrogen and oxygen atoms in total. The van der Waals surface area contributed by atoms with Gasteiger partial charge >= 0.3 is 6.18 Å². The van der Waals surface area contributed by atoms with Gasteiger partial charge < -0.3 is 4.90 Å². The van der Waals surface area contributed by atoms with Crippen molar-refractivity contribution in [3.8, 4) is 0 Å². The first-order chi connectivity index (χ1) is 8.95. The molecule has 2 atom stereocenters. The third-order valence-electron chi connectivity index (χ3n) is 4.04. The van der Waals surface area contributed by atoms with E-state index in [1.165, 1.54) is 6.07 Å². The lowest BCUT2D eigenvalue weighted by Gasteiger charge is -2.37. The van der Waals surface area contributed by atoms with Crippen molar-refractivity contribution in [2.75, 3.05) is 31.1 Å². The Kier molecular flexibility index (Phi) is 5.75. The molecule has 8 heteroatoms. The van der Waals surface area contributed by atoms with Crippen LogP contribution in [0, 0.1) is 6.92 Å². The van der Waals surface area contributed by atoms with E-state index < -0.39 is 11.7 Å². The minimum absolute atomic E-state index is 0. The SMILES string of the molecule is Cc1ncc(C(F)(F)F)cc1N1CCN2CCC1C2.Cl.Cl. The molecule has 2 aliphatic rings. The number of aryl methyl sites for hydroxylation is 1. The van der Waals surface area contributed by atoms with Gasteiger partial charge in [0.2, 0.25) is 0 Å². The lowest BCUT2D eigenvalue weighted by Crippen LogP contribution is -2.47. The molecule has 21 heavy (non-hydrogen) atoms. The van der Waals surface area contributed by atoms with E-state index in [1.807, 2.05) is 0 Å². The first kappa shape index (κ1) is 18.3. The zero-order valence-corrected chi connectivity index (χ0v) is 13.2. The van der Waals surface area contributed by atoms with Gasteiger partial charge in [0.25, 0.3) is 0 Å². The van der Waals surface area contributed by atoms with Crippen molar-refractivity contribution in [2.45, 2.75) is 25.6 Å². The fourth-order valence-corrected chi connectivity index (χ4v) is 2.99. The van der Waals surface area contributed by atoms with E-state index in [1.54, 1.807) is 6.92 Å². The fourth-order valence-electron chi connectivity index (χ4n) is 2.99. The van der Waals surface area contributed by atoms with Crippen LogP contribution in [0.3, 0.4) is 0 Å². The summed E-state index contributed by atoms with van der Waals surface area (Å²) in [5, 5.41) is 0. The molecule has 2 aliphatic heterocycles. The van der Waals surface area contributed by atoms with Crippen molar-refractivity contribution in [3.05, 3.63) is 23.5 Å². The summed E-state index contributed by atoms with van der Waals surface area (Å²) in [5.74, 6) is 0. The Morgan fingerprint density at radius 2 is 1.90 bits per heavy atom. The van der Waals surface area contributed by atoms with Crippen molar-refractivity contribution >= 4 is 30.5 Å². The van der Waals surface area contributed by atoms with Gasteiger partial charge in [0.05, 0.1) is 16.9 Å². The van der Waals surface area contributed by atoms with E-state index in [2.05, 4.69) is 14.8 Å². The third kappa shape index (κ3) is 3.55. The molecule has 0 spiro atoms. The van der Waals surface area contributed by atoms with Gasteiger partial charge in [0.15, 0.2) is 0 Å². The molecule has 1 aromatic heterocycles. The highest BCUT2D eigenvalue weighted by Crippen LogP contribution is 2.34. The predicted molar refractivity (Wildman–Crippen MR) is 80.7 cm³/mol. The third-order valence-corrected chi connectivity index (χ3v) is 4.04. The average molecular weight is 344 g/mol. The molecule has 0 saturated carbocycles. The van der Waals surface area contributed by atoms with Crippen molar-refractivity contribution in [3.63, 3.8) is 0 Å². The Morgan fingerprint density at radius 3 is 2.57 bits per heavy atom. The van der Waals surface area contributed by atoms with Crippen molar-refractivity contribution in [1.82, 2.24) is 9.88 Å². The summed E-state index contributed by atoms with van der Waals surface area (Å²) in [6.45, 7) is 5.49. The molecule has 3 rings (SSSR count). The minimum Gasteiger partial charge on any atom is -0.364 e. The molecular weight excluding hydrogens is 326 g/mol. The van der Waals surface area contributed by atoms with Crippen LogP contribution in [0.4, 0.5) is 18.9 Å². The molecule has 120 valence electrons. The van der Waals surface area contributed by atoms with E-state index in [0.29, 0.717) is 17.4 Å². The number of nitrogens with zero attached hydrogens (tertiary/aromatic N) is 3. The number of aromatic nitrogens is 1. The monoisotopic (exact) mass is 343 g/mol. The molecule has 0 aliphatic carbocycles. The number of hydrogen-bond acceptors (Lipinski definition) is 3. The van der Waals surface area contributed by atoms with E-state index in [-0.39, 0.29) is 24.8 Å². The Hall–Kier alpha value is -0.720. The Balaban J connectivity index is 0.00000110. The van der Waals surface area contributed by atoms with Gasteiger partial charge in [-0.3, -0.25) is 9.88 Å². The van der Waals surface area contributed by atoms with Crippen LogP contribution in [0.2, 0.25) is 0 Å². The van der Waals surface area contributed by atoms with Crippen molar-refractivity contribution in [2.24, 2.45) is 0 Å². The number of anilines is 1. The maximum absolute atomic E-state index is 12.8. The molecule has 1 aromatic rings. The number of piperazine rings is 1. The fraction of sp³-hybridized carbons (Fsp3) is 0.615. The molecule has 0 aromatic carbocycles. The Morgan fingerprint density at radius 1 is 1.19 bits per heavy atom. The second-order valence-electron chi connectivity index (χ2n) is 5.26. The highest BCUT2D eigenvalue weighted by Gasteiger charge is 2.36. The minimum atomic E-state index is -4.33. The summed E-state index contributed by atoms with van der Waals surface area (Å²) < 4.78 is 38.4. The van der Waals surface area contributed by atoms with Crippen LogP contribution in [0.15, 0.2) is 12.3 Å². The lowest BCUT2D eigenvalue weighted by atomic mass is 10.1. The average Bonchev–Trinajstić information content (AvgIpc) is 2.71. The van der Waals surface area contributed by atoms with Crippen molar-refractivity contribution < 1.29 is 13.2 Å². The van der Waals surface area contributed by atoms with E-state index in [4.69, 9.17) is 0 Å². The van der Waals surface area contributed by atoms with Crippen LogP contribution in [0.5, 0.6) is 0 Å². The topological polar surface area (TPSA) is 19.4 Å².